The minimum atomic E-state index is 0.753. The first-order valence-electron chi connectivity index (χ1n) is 8.77. The highest BCUT2D eigenvalue weighted by Gasteiger charge is 2.00. The SMILES string of the molecule is CCNC(=NCCc1ccncc1C)NCCc1ccc(OC)cc1. The van der Waals surface area contributed by atoms with Gasteiger partial charge in [-0.2, -0.15) is 0 Å². The summed E-state index contributed by atoms with van der Waals surface area (Å²) in [6.45, 7) is 6.61. The van der Waals surface area contributed by atoms with E-state index >= 15 is 0 Å². The van der Waals surface area contributed by atoms with Crippen molar-refractivity contribution in [1.82, 2.24) is 15.6 Å². The highest BCUT2D eigenvalue weighted by Crippen LogP contribution is 2.11. The molecule has 0 aliphatic carbocycles. The van der Waals surface area contributed by atoms with Crippen molar-refractivity contribution in [2.75, 3.05) is 26.7 Å². The number of aromatic nitrogens is 1. The summed E-state index contributed by atoms with van der Waals surface area (Å²) < 4.78 is 5.18. The van der Waals surface area contributed by atoms with Crippen LogP contribution in [0.15, 0.2) is 47.7 Å². The number of aliphatic imine (C=N–C) groups is 1. The van der Waals surface area contributed by atoms with Gasteiger partial charge in [-0.25, -0.2) is 0 Å². The summed E-state index contributed by atoms with van der Waals surface area (Å²) in [5.74, 6) is 1.75. The molecule has 2 aromatic rings. The lowest BCUT2D eigenvalue weighted by molar-refractivity contribution is 0.414. The van der Waals surface area contributed by atoms with E-state index in [0.717, 1.165) is 44.2 Å². The summed E-state index contributed by atoms with van der Waals surface area (Å²) >= 11 is 0. The Kier molecular flexibility index (Phi) is 7.76. The zero-order valence-electron chi connectivity index (χ0n) is 15.4. The average molecular weight is 340 g/mol. The monoisotopic (exact) mass is 340 g/mol. The second kappa shape index (κ2) is 10.3. The molecule has 0 fully saturated rings. The molecule has 0 bridgehead atoms. The number of ether oxygens (including phenoxy) is 1. The van der Waals surface area contributed by atoms with Gasteiger partial charge < -0.3 is 15.4 Å². The summed E-state index contributed by atoms with van der Waals surface area (Å²) in [5, 5.41) is 6.69. The summed E-state index contributed by atoms with van der Waals surface area (Å²) in [7, 11) is 1.68. The van der Waals surface area contributed by atoms with E-state index in [-0.39, 0.29) is 0 Å². The molecule has 1 aromatic heterocycles. The molecule has 0 aliphatic rings. The molecule has 0 atom stereocenters. The number of pyridine rings is 1. The number of guanidine groups is 1. The Morgan fingerprint density at radius 1 is 1.12 bits per heavy atom. The molecule has 5 nitrogen and oxygen atoms in total. The lowest BCUT2D eigenvalue weighted by Gasteiger charge is -2.12. The van der Waals surface area contributed by atoms with Crippen LogP contribution >= 0.6 is 0 Å². The van der Waals surface area contributed by atoms with Crippen LogP contribution in [0.4, 0.5) is 0 Å². The molecule has 25 heavy (non-hydrogen) atoms. The van der Waals surface area contributed by atoms with Gasteiger partial charge in [0.1, 0.15) is 5.75 Å². The van der Waals surface area contributed by atoms with Gasteiger partial charge in [0, 0.05) is 32.0 Å². The standard InChI is InChI=1S/C20H28N4O/c1-4-22-20(24-14-11-18-10-12-21-15-16(18)2)23-13-9-17-5-7-19(25-3)8-6-17/h5-8,10,12,15H,4,9,11,13-14H2,1-3H3,(H2,22,23,24). The molecule has 1 aromatic carbocycles. The Morgan fingerprint density at radius 2 is 1.92 bits per heavy atom. The highest BCUT2D eigenvalue weighted by molar-refractivity contribution is 5.79. The third-order valence-corrected chi connectivity index (χ3v) is 4.00. The zero-order chi connectivity index (χ0) is 17.9. The first-order chi connectivity index (χ1) is 12.2. The van der Waals surface area contributed by atoms with Crippen molar-refractivity contribution in [3.63, 3.8) is 0 Å². The Labute approximate surface area is 150 Å². The van der Waals surface area contributed by atoms with Crippen LogP contribution in [0.3, 0.4) is 0 Å². The molecule has 2 N–H and O–H groups in total. The summed E-state index contributed by atoms with van der Waals surface area (Å²) in [5.41, 5.74) is 3.79. The van der Waals surface area contributed by atoms with Crippen molar-refractivity contribution in [3.8, 4) is 5.75 Å². The number of hydrogen-bond donors (Lipinski definition) is 2. The highest BCUT2D eigenvalue weighted by atomic mass is 16.5. The van der Waals surface area contributed by atoms with E-state index < -0.39 is 0 Å². The van der Waals surface area contributed by atoms with E-state index in [2.05, 4.69) is 52.7 Å². The summed E-state index contributed by atoms with van der Waals surface area (Å²) in [6, 6.07) is 10.2. The largest absolute Gasteiger partial charge is 0.497 e. The average Bonchev–Trinajstić information content (AvgIpc) is 2.64. The molecule has 0 unspecified atom stereocenters. The van der Waals surface area contributed by atoms with E-state index in [1.54, 1.807) is 7.11 Å². The van der Waals surface area contributed by atoms with E-state index in [1.165, 1.54) is 16.7 Å². The molecule has 5 heteroatoms. The quantitative estimate of drug-likeness (QED) is 0.573. The van der Waals surface area contributed by atoms with Crippen molar-refractivity contribution in [2.24, 2.45) is 4.99 Å². The van der Waals surface area contributed by atoms with Crippen LogP contribution in [0.2, 0.25) is 0 Å². The number of rotatable bonds is 8. The number of hydrogen-bond acceptors (Lipinski definition) is 3. The number of benzene rings is 1. The van der Waals surface area contributed by atoms with Crippen LogP contribution in [0.5, 0.6) is 5.75 Å². The number of aryl methyl sites for hydroxylation is 1. The molecule has 1 heterocycles. The van der Waals surface area contributed by atoms with Gasteiger partial charge in [-0.3, -0.25) is 9.98 Å². The Bertz CT molecular complexity index is 668. The Morgan fingerprint density at radius 3 is 2.60 bits per heavy atom. The van der Waals surface area contributed by atoms with Crippen molar-refractivity contribution >= 4 is 5.96 Å². The molecular weight excluding hydrogens is 312 g/mol. The Hall–Kier alpha value is -2.56. The number of nitrogens with one attached hydrogen (secondary N) is 2. The van der Waals surface area contributed by atoms with Crippen LogP contribution in [-0.4, -0.2) is 37.7 Å². The molecule has 0 aliphatic heterocycles. The first-order valence-corrected chi connectivity index (χ1v) is 8.77. The van der Waals surface area contributed by atoms with Gasteiger partial charge in [-0.05, 0) is 61.6 Å². The van der Waals surface area contributed by atoms with Crippen LogP contribution in [0, 0.1) is 6.92 Å². The topological polar surface area (TPSA) is 58.5 Å². The minimum Gasteiger partial charge on any atom is -0.497 e. The smallest absolute Gasteiger partial charge is 0.191 e. The van der Waals surface area contributed by atoms with Gasteiger partial charge in [0.05, 0.1) is 7.11 Å². The Balaban J connectivity index is 1.81. The van der Waals surface area contributed by atoms with Crippen molar-refractivity contribution in [3.05, 3.63) is 59.4 Å². The molecule has 0 radical (unpaired) electrons. The summed E-state index contributed by atoms with van der Waals surface area (Å²) in [4.78, 5) is 8.79. The van der Waals surface area contributed by atoms with Crippen LogP contribution in [-0.2, 0) is 12.8 Å². The molecule has 0 spiro atoms. The van der Waals surface area contributed by atoms with E-state index in [1.807, 2.05) is 24.5 Å². The van der Waals surface area contributed by atoms with E-state index in [9.17, 15) is 0 Å². The van der Waals surface area contributed by atoms with Crippen LogP contribution in [0.25, 0.3) is 0 Å². The zero-order valence-corrected chi connectivity index (χ0v) is 15.4. The molecule has 0 saturated carbocycles. The van der Waals surface area contributed by atoms with E-state index in [4.69, 9.17) is 4.74 Å². The van der Waals surface area contributed by atoms with Gasteiger partial charge in [-0.1, -0.05) is 12.1 Å². The number of nitrogens with zero attached hydrogens (tertiary/aromatic N) is 2. The van der Waals surface area contributed by atoms with Gasteiger partial charge in [-0.15, -0.1) is 0 Å². The fourth-order valence-corrected chi connectivity index (χ4v) is 2.53. The number of methoxy groups -OCH3 is 1. The predicted molar refractivity (Wildman–Crippen MR) is 103 cm³/mol. The van der Waals surface area contributed by atoms with E-state index in [0.29, 0.717) is 0 Å². The van der Waals surface area contributed by atoms with Gasteiger partial charge >= 0.3 is 0 Å². The minimum absolute atomic E-state index is 0.753. The van der Waals surface area contributed by atoms with Gasteiger partial charge in [0.25, 0.3) is 0 Å². The van der Waals surface area contributed by atoms with Crippen molar-refractivity contribution in [2.45, 2.75) is 26.7 Å². The molecule has 0 amide bonds. The molecule has 134 valence electrons. The van der Waals surface area contributed by atoms with Crippen molar-refractivity contribution in [1.29, 1.82) is 0 Å². The maximum Gasteiger partial charge on any atom is 0.191 e. The second-order valence-corrected chi connectivity index (χ2v) is 5.84. The third kappa shape index (κ3) is 6.45. The van der Waals surface area contributed by atoms with Gasteiger partial charge in [0.2, 0.25) is 0 Å². The fraction of sp³-hybridized carbons (Fsp3) is 0.400. The second-order valence-electron chi connectivity index (χ2n) is 5.84. The molecular formula is C20H28N4O. The maximum absolute atomic E-state index is 5.18. The van der Waals surface area contributed by atoms with Crippen LogP contribution in [0.1, 0.15) is 23.6 Å². The maximum atomic E-state index is 5.18. The van der Waals surface area contributed by atoms with Gasteiger partial charge in [0.15, 0.2) is 5.96 Å². The lowest BCUT2D eigenvalue weighted by atomic mass is 10.1. The lowest BCUT2D eigenvalue weighted by Crippen LogP contribution is -2.38. The molecule has 0 saturated heterocycles. The van der Waals surface area contributed by atoms with Crippen LogP contribution < -0.4 is 15.4 Å². The first kappa shape index (κ1) is 18.8. The predicted octanol–water partition coefficient (Wildman–Crippen LogP) is 2.74. The third-order valence-electron chi connectivity index (χ3n) is 4.00. The summed E-state index contributed by atoms with van der Waals surface area (Å²) in [6.07, 6.45) is 5.60. The van der Waals surface area contributed by atoms with Crippen molar-refractivity contribution < 1.29 is 4.74 Å². The molecule has 2 rings (SSSR count). The fourth-order valence-electron chi connectivity index (χ4n) is 2.53. The normalized spacial score (nSPS) is 11.2.